The van der Waals surface area contributed by atoms with E-state index in [-0.39, 0.29) is 16.4 Å². The van der Waals surface area contributed by atoms with Gasteiger partial charge in [-0.15, -0.1) is 0 Å². The number of fused-ring (bicyclic) bond motifs is 1. The lowest BCUT2D eigenvalue weighted by molar-refractivity contribution is 0.380. The molecule has 5 heteroatoms. The number of aromatic hydroxyl groups is 1. The van der Waals surface area contributed by atoms with Gasteiger partial charge in [-0.25, -0.2) is 8.42 Å². The Bertz CT molecular complexity index is 860. The first-order chi connectivity index (χ1) is 13.4. The van der Waals surface area contributed by atoms with E-state index in [2.05, 4.69) is 19.9 Å². The van der Waals surface area contributed by atoms with E-state index in [1.165, 1.54) is 18.1 Å². The minimum absolute atomic E-state index is 0.00563. The number of hydrogen-bond donors (Lipinski definition) is 1. The van der Waals surface area contributed by atoms with Crippen LogP contribution in [0.5, 0.6) is 5.75 Å². The van der Waals surface area contributed by atoms with Crippen LogP contribution in [0.2, 0.25) is 0 Å². The summed E-state index contributed by atoms with van der Waals surface area (Å²) in [5.74, 6) is 0.0293. The van der Waals surface area contributed by atoms with Crippen molar-refractivity contribution >= 4 is 15.5 Å². The summed E-state index contributed by atoms with van der Waals surface area (Å²) in [4.78, 5) is 5.50. The van der Waals surface area contributed by atoms with E-state index in [1.807, 2.05) is 0 Å². The third kappa shape index (κ3) is 4.51. The van der Waals surface area contributed by atoms with Gasteiger partial charge in [0.05, 0.1) is 21.9 Å². The van der Waals surface area contributed by atoms with Crippen molar-refractivity contribution in [3.63, 3.8) is 0 Å². The molecule has 1 aromatic rings. The van der Waals surface area contributed by atoms with Gasteiger partial charge in [-0.3, -0.25) is 4.99 Å². The normalized spacial score (nSPS) is 20.6. The van der Waals surface area contributed by atoms with Crippen molar-refractivity contribution in [2.45, 2.75) is 88.5 Å². The van der Waals surface area contributed by atoms with Gasteiger partial charge < -0.3 is 5.11 Å². The molecule has 154 valence electrons. The zero-order valence-electron chi connectivity index (χ0n) is 17.2. The van der Waals surface area contributed by atoms with Crippen molar-refractivity contribution < 1.29 is 13.5 Å². The topological polar surface area (TPSA) is 66.7 Å². The molecule has 0 amide bonds. The molecule has 0 atom stereocenters. The summed E-state index contributed by atoms with van der Waals surface area (Å²) in [6.07, 6.45) is 12.1. The first-order valence-corrected chi connectivity index (χ1v) is 12.4. The van der Waals surface area contributed by atoms with Crippen LogP contribution in [0.15, 0.2) is 39.7 Å². The number of phenolic OH excluding ortho intramolecular Hbond substituents is 1. The molecule has 1 aromatic carbocycles. The summed E-state index contributed by atoms with van der Waals surface area (Å²) >= 11 is 0. The summed E-state index contributed by atoms with van der Waals surface area (Å²) < 4.78 is 26.8. The number of nitrogens with zero attached hydrogens (tertiary/aromatic N) is 1. The molecule has 0 fully saturated rings. The maximum absolute atomic E-state index is 13.4. The minimum Gasteiger partial charge on any atom is -0.508 e. The Morgan fingerprint density at radius 2 is 1.82 bits per heavy atom. The Kier molecular flexibility index (Phi) is 6.64. The van der Waals surface area contributed by atoms with Gasteiger partial charge in [-0.2, -0.15) is 0 Å². The van der Waals surface area contributed by atoms with Gasteiger partial charge in [-0.05, 0) is 62.3 Å². The van der Waals surface area contributed by atoms with E-state index in [0.29, 0.717) is 5.56 Å². The lowest BCUT2D eigenvalue weighted by atomic mass is 9.87. The number of unbranched alkanes of at least 4 members (excludes halogenated alkanes) is 2. The Balaban J connectivity index is 2.22. The number of hydrogen-bond acceptors (Lipinski definition) is 4. The van der Waals surface area contributed by atoms with Crippen LogP contribution in [-0.2, 0) is 9.84 Å². The second-order valence-electron chi connectivity index (χ2n) is 8.31. The largest absolute Gasteiger partial charge is 0.508 e. The van der Waals surface area contributed by atoms with Crippen LogP contribution in [0.1, 0.15) is 83.6 Å². The maximum Gasteiger partial charge on any atom is 0.181 e. The van der Waals surface area contributed by atoms with E-state index < -0.39 is 15.4 Å². The summed E-state index contributed by atoms with van der Waals surface area (Å²) in [7, 11) is -3.54. The third-order valence-corrected chi connectivity index (χ3v) is 7.87. The zero-order chi connectivity index (χ0) is 20.2. The van der Waals surface area contributed by atoms with Gasteiger partial charge in [-0.1, -0.05) is 45.6 Å². The van der Waals surface area contributed by atoms with E-state index in [4.69, 9.17) is 4.99 Å². The van der Waals surface area contributed by atoms with Crippen LogP contribution in [0, 0.1) is 0 Å². The molecule has 0 saturated carbocycles. The number of rotatable bonds is 7. The van der Waals surface area contributed by atoms with Crippen molar-refractivity contribution in [3.8, 4) is 5.75 Å². The van der Waals surface area contributed by atoms with Gasteiger partial charge in [0.2, 0.25) is 0 Å². The molecule has 3 rings (SSSR count). The van der Waals surface area contributed by atoms with E-state index in [0.717, 1.165) is 63.5 Å². The highest BCUT2D eigenvalue weighted by molar-refractivity contribution is 7.91. The summed E-state index contributed by atoms with van der Waals surface area (Å²) in [6, 6.07) is 4.74. The Hall–Kier alpha value is -1.62. The standard InChI is InChI=1S/C23H33NO3S/c1-3-5-14-23(15-6-4-2)17-28(26,27)21-16-19(25)12-13-20(21)22(24-23)18-10-8-7-9-11-18/h10,12-13,16,25H,3-9,11,14-15,17H2,1-2H3. The fourth-order valence-electron chi connectivity index (χ4n) is 4.42. The number of phenols is 1. The molecule has 28 heavy (non-hydrogen) atoms. The van der Waals surface area contributed by atoms with Crippen LogP contribution in [0.3, 0.4) is 0 Å². The van der Waals surface area contributed by atoms with Crippen LogP contribution in [-0.4, -0.2) is 30.5 Å². The Morgan fingerprint density at radius 3 is 2.43 bits per heavy atom. The van der Waals surface area contributed by atoms with Crippen molar-refractivity contribution in [3.05, 3.63) is 35.4 Å². The third-order valence-electron chi connectivity index (χ3n) is 5.95. The van der Waals surface area contributed by atoms with Gasteiger partial charge >= 0.3 is 0 Å². The molecule has 1 N–H and O–H groups in total. The Morgan fingerprint density at radius 1 is 1.11 bits per heavy atom. The number of sulfone groups is 1. The van der Waals surface area contributed by atoms with Gasteiger partial charge in [0.25, 0.3) is 0 Å². The van der Waals surface area contributed by atoms with E-state index >= 15 is 0 Å². The highest BCUT2D eigenvalue weighted by Gasteiger charge is 2.40. The van der Waals surface area contributed by atoms with Gasteiger partial charge in [0.15, 0.2) is 9.84 Å². The lowest BCUT2D eigenvalue weighted by Gasteiger charge is -2.30. The fourth-order valence-corrected chi connectivity index (χ4v) is 6.43. The molecule has 4 nitrogen and oxygen atoms in total. The van der Waals surface area contributed by atoms with Crippen LogP contribution in [0.25, 0.3) is 0 Å². The molecule has 0 spiro atoms. The predicted octanol–water partition coefficient (Wildman–Crippen LogP) is 5.59. The molecular formula is C23H33NO3S. The van der Waals surface area contributed by atoms with Crippen LogP contribution in [0.4, 0.5) is 0 Å². The fraction of sp³-hybridized carbons (Fsp3) is 0.609. The average molecular weight is 404 g/mol. The number of allylic oxidation sites excluding steroid dienone is 2. The summed E-state index contributed by atoms with van der Waals surface area (Å²) in [6.45, 7) is 4.28. The molecule has 0 saturated heterocycles. The molecule has 0 aromatic heterocycles. The second-order valence-corrected chi connectivity index (χ2v) is 10.3. The quantitative estimate of drug-likeness (QED) is 0.645. The van der Waals surface area contributed by atoms with Gasteiger partial charge in [0, 0.05) is 5.56 Å². The van der Waals surface area contributed by atoms with Crippen molar-refractivity contribution in [1.82, 2.24) is 0 Å². The molecule has 1 aliphatic carbocycles. The number of benzene rings is 1. The van der Waals surface area contributed by atoms with Crippen molar-refractivity contribution in [1.29, 1.82) is 0 Å². The monoisotopic (exact) mass is 403 g/mol. The average Bonchev–Trinajstić information content (AvgIpc) is 2.78. The second kappa shape index (κ2) is 8.81. The van der Waals surface area contributed by atoms with Gasteiger partial charge in [0.1, 0.15) is 5.75 Å². The minimum atomic E-state index is -3.54. The molecule has 1 heterocycles. The lowest BCUT2D eigenvalue weighted by Crippen LogP contribution is -2.35. The molecule has 0 radical (unpaired) electrons. The highest BCUT2D eigenvalue weighted by Crippen LogP contribution is 2.38. The smallest absolute Gasteiger partial charge is 0.181 e. The SMILES string of the molecule is CCCCC1(CCCC)CS(=O)(=O)c2cc(O)ccc2C(C2=CCCCC2)=N1. The maximum atomic E-state index is 13.4. The van der Waals surface area contributed by atoms with Crippen LogP contribution >= 0.6 is 0 Å². The molecule has 1 aliphatic heterocycles. The molecule has 0 unspecified atom stereocenters. The summed E-state index contributed by atoms with van der Waals surface area (Å²) in [5.41, 5.74) is 2.11. The van der Waals surface area contributed by atoms with E-state index in [1.54, 1.807) is 12.1 Å². The first-order valence-electron chi connectivity index (χ1n) is 10.8. The molecular weight excluding hydrogens is 370 g/mol. The van der Waals surface area contributed by atoms with Crippen molar-refractivity contribution in [2.24, 2.45) is 4.99 Å². The predicted molar refractivity (Wildman–Crippen MR) is 115 cm³/mol. The molecule has 0 bridgehead atoms. The zero-order valence-corrected chi connectivity index (χ0v) is 18.0. The highest BCUT2D eigenvalue weighted by atomic mass is 32.2. The Labute approximate surface area is 169 Å². The summed E-state index contributed by atoms with van der Waals surface area (Å²) in [5, 5.41) is 10.0. The van der Waals surface area contributed by atoms with E-state index in [9.17, 15) is 13.5 Å². The van der Waals surface area contributed by atoms with Crippen molar-refractivity contribution in [2.75, 3.05) is 5.75 Å². The first kappa shape index (κ1) is 21.1. The van der Waals surface area contributed by atoms with Crippen LogP contribution < -0.4 is 0 Å². The number of aliphatic imine (C=N–C) groups is 1. The molecule has 2 aliphatic rings.